The third-order valence-electron chi connectivity index (χ3n) is 6.09. The van der Waals surface area contributed by atoms with Gasteiger partial charge in [-0.3, -0.25) is 4.79 Å². The maximum absolute atomic E-state index is 13.0. The van der Waals surface area contributed by atoms with Crippen molar-refractivity contribution in [2.75, 3.05) is 13.1 Å². The minimum Gasteiger partial charge on any atom is -0.345 e. The van der Waals surface area contributed by atoms with Gasteiger partial charge < -0.3 is 10.6 Å². The van der Waals surface area contributed by atoms with Gasteiger partial charge >= 0.3 is 0 Å². The first kappa shape index (κ1) is 17.8. The molecule has 5 rings (SSSR count). The number of hydrogen-bond donors (Lipinski definition) is 2. The maximum Gasteiger partial charge on any atom is 0.251 e. The second-order valence-corrected chi connectivity index (χ2v) is 9.04. The number of carbonyl (C=O) groups is 1. The lowest BCUT2D eigenvalue weighted by Gasteiger charge is -2.20. The molecule has 0 radical (unpaired) electrons. The van der Waals surface area contributed by atoms with Crippen LogP contribution in [0.15, 0.2) is 36.4 Å². The number of benzene rings is 2. The molecule has 1 amide bonds. The van der Waals surface area contributed by atoms with Crippen LogP contribution in [0.5, 0.6) is 0 Å². The third-order valence-corrected chi connectivity index (χ3v) is 7.26. The van der Waals surface area contributed by atoms with E-state index >= 15 is 0 Å². The Bertz CT molecular complexity index is 1040. The van der Waals surface area contributed by atoms with Gasteiger partial charge in [0.1, 0.15) is 0 Å². The third kappa shape index (κ3) is 3.23. The SMILES string of the molecule is Cc1cc(C(=O)NC2CCc3ccccc32)cc2sc(C3CCNCC3)nc12. The van der Waals surface area contributed by atoms with Crippen molar-refractivity contribution < 1.29 is 4.79 Å². The summed E-state index contributed by atoms with van der Waals surface area (Å²) in [5.41, 5.74) is 5.51. The number of nitrogens with zero attached hydrogens (tertiary/aromatic N) is 1. The van der Waals surface area contributed by atoms with Crippen LogP contribution in [-0.4, -0.2) is 24.0 Å². The van der Waals surface area contributed by atoms with Gasteiger partial charge in [-0.2, -0.15) is 0 Å². The number of aryl methyl sites for hydroxylation is 2. The molecule has 4 nitrogen and oxygen atoms in total. The molecule has 2 aliphatic rings. The first-order valence-electron chi connectivity index (χ1n) is 10.2. The largest absolute Gasteiger partial charge is 0.345 e. The highest BCUT2D eigenvalue weighted by atomic mass is 32.1. The Morgan fingerprint density at radius 3 is 2.86 bits per heavy atom. The number of aromatic nitrogens is 1. The first-order chi connectivity index (χ1) is 13.7. The van der Waals surface area contributed by atoms with Crippen LogP contribution in [0.4, 0.5) is 0 Å². The average Bonchev–Trinajstić information content (AvgIpc) is 3.33. The first-order valence-corrected chi connectivity index (χ1v) is 11.0. The Hall–Kier alpha value is -2.24. The lowest BCUT2D eigenvalue weighted by Crippen LogP contribution is -2.27. The zero-order valence-corrected chi connectivity index (χ0v) is 16.9. The van der Waals surface area contributed by atoms with Crippen LogP contribution in [0, 0.1) is 6.92 Å². The molecular weight excluding hydrogens is 366 g/mol. The molecule has 0 saturated carbocycles. The Morgan fingerprint density at radius 2 is 2.00 bits per heavy atom. The van der Waals surface area contributed by atoms with E-state index in [0.717, 1.165) is 60.1 Å². The molecule has 28 heavy (non-hydrogen) atoms. The van der Waals surface area contributed by atoms with E-state index in [9.17, 15) is 4.79 Å². The summed E-state index contributed by atoms with van der Waals surface area (Å²) in [7, 11) is 0. The Kier molecular flexibility index (Phi) is 4.65. The van der Waals surface area contributed by atoms with E-state index in [2.05, 4.69) is 41.8 Å². The second-order valence-electron chi connectivity index (χ2n) is 7.98. The molecule has 0 bridgehead atoms. The van der Waals surface area contributed by atoms with Gasteiger partial charge in [-0.1, -0.05) is 24.3 Å². The number of nitrogens with one attached hydrogen (secondary N) is 2. The molecule has 3 aromatic rings. The average molecular weight is 392 g/mol. The highest BCUT2D eigenvalue weighted by Crippen LogP contribution is 2.35. The van der Waals surface area contributed by atoms with Crippen LogP contribution >= 0.6 is 11.3 Å². The number of thiazole rings is 1. The molecule has 0 spiro atoms. The molecule has 1 unspecified atom stereocenters. The fourth-order valence-electron chi connectivity index (χ4n) is 4.54. The van der Waals surface area contributed by atoms with E-state index in [1.165, 1.54) is 16.1 Å². The zero-order chi connectivity index (χ0) is 19.1. The molecule has 144 valence electrons. The zero-order valence-electron chi connectivity index (χ0n) is 16.1. The van der Waals surface area contributed by atoms with Crippen LogP contribution in [0.3, 0.4) is 0 Å². The summed E-state index contributed by atoms with van der Waals surface area (Å²) in [6, 6.07) is 12.6. The van der Waals surface area contributed by atoms with Gasteiger partial charge in [0.05, 0.1) is 21.3 Å². The van der Waals surface area contributed by atoms with E-state index in [0.29, 0.717) is 5.92 Å². The summed E-state index contributed by atoms with van der Waals surface area (Å²) in [4.78, 5) is 17.9. The molecule has 1 aromatic heterocycles. The van der Waals surface area contributed by atoms with E-state index in [4.69, 9.17) is 4.98 Å². The molecule has 2 aromatic carbocycles. The minimum atomic E-state index is 0.0171. The topological polar surface area (TPSA) is 54.0 Å². The van der Waals surface area contributed by atoms with Crippen molar-refractivity contribution in [3.63, 3.8) is 0 Å². The summed E-state index contributed by atoms with van der Waals surface area (Å²) in [5.74, 6) is 0.564. The number of amides is 1. The van der Waals surface area contributed by atoms with Crippen LogP contribution < -0.4 is 10.6 Å². The fourth-order valence-corrected chi connectivity index (χ4v) is 5.79. The Balaban J connectivity index is 1.40. The van der Waals surface area contributed by atoms with Crippen molar-refractivity contribution in [2.24, 2.45) is 0 Å². The van der Waals surface area contributed by atoms with Gasteiger partial charge in [0.15, 0.2) is 0 Å². The summed E-state index contributed by atoms with van der Waals surface area (Å²) in [6.45, 7) is 4.20. The lowest BCUT2D eigenvalue weighted by atomic mass is 9.99. The molecule has 1 saturated heterocycles. The van der Waals surface area contributed by atoms with Gasteiger partial charge in [-0.15, -0.1) is 11.3 Å². The minimum absolute atomic E-state index is 0.0171. The number of rotatable bonds is 3. The summed E-state index contributed by atoms with van der Waals surface area (Å²) in [6.07, 6.45) is 4.31. The number of carbonyl (C=O) groups excluding carboxylic acids is 1. The van der Waals surface area contributed by atoms with E-state index in [1.54, 1.807) is 11.3 Å². The van der Waals surface area contributed by atoms with Gasteiger partial charge in [0.25, 0.3) is 5.91 Å². The van der Waals surface area contributed by atoms with Crippen molar-refractivity contribution in [2.45, 2.75) is 44.6 Å². The van der Waals surface area contributed by atoms with Crippen molar-refractivity contribution in [3.8, 4) is 0 Å². The molecule has 2 N–H and O–H groups in total. The standard InChI is InChI=1S/C23H25N3OS/c1-14-12-17(22(27)25-19-7-6-15-4-2-3-5-18(15)19)13-20-21(14)26-23(28-20)16-8-10-24-11-9-16/h2-5,12-13,16,19,24H,6-11H2,1H3,(H,25,27). The quantitative estimate of drug-likeness (QED) is 0.692. The normalized spacial score (nSPS) is 19.7. The Morgan fingerprint density at radius 1 is 1.18 bits per heavy atom. The van der Waals surface area contributed by atoms with E-state index in [-0.39, 0.29) is 11.9 Å². The smallest absolute Gasteiger partial charge is 0.251 e. The molecule has 1 fully saturated rings. The highest BCUT2D eigenvalue weighted by molar-refractivity contribution is 7.18. The monoisotopic (exact) mass is 391 g/mol. The lowest BCUT2D eigenvalue weighted by molar-refractivity contribution is 0.0937. The van der Waals surface area contributed by atoms with E-state index < -0.39 is 0 Å². The van der Waals surface area contributed by atoms with Gasteiger partial charge in [0.2, 0.25) is 0 Å². The molecule has 2 heterocycles. The van der Waals surface area contributed by atoms with Crippen molar-refractivity contribution >= 4 is 27.5 Å². The molecule has 1 aliphatic carbocycles. The van der Waals surface area contributed by atoms with Gasteiger partial charge in [-0.25, -0.2) is 4.98 Å². The highest BCUT2D eigenvalue weighted by Gasteiger charge is 2.25. The number of fused-ring (bicyclic) bond motifs is 2. The van der Waals surface area contributed by atoms with Crippen molar-refractivity contribution in [3.05, 3.63) is 63.7 Å². The fraction of sp³-hybridized carbons (Fsp3) is 0.391. The van der Waals surface area contributed by atoms with Crippen LogP contribution in [0.25, 0.3) is 10.2 Å². The number of hydrogen-bond acceptors (Lipinski definition) is 4. The molecule has 1 atom stereocenters. The van der Waals surface area contributed by atoms with Crippen LogP contribution in [0.1, 0.15) is 63.3 Å². The predicted molar refractivity (Wildman–Crippen MR) is 114 cm³/mol. The van der Waals surface area contributed by atoms with Crippen LogP contribution in [-0.2, 0) is 6.42 Å². The van der Waals surface area contributed by atoms with Gasteiger partial charge in [0, 0.05) is 11.5 Å². The second kappa shape index (κ2) is 7.30. The predicted octanol–water partition coefficient (Wildman–Crippen LogP) is 4.49. The van der Waals surface area contributed by atoms with Crippen LogP contribution in [0.2, 0.25) is 0 Å². The molecule has 1 aliphatic heterocycles. The Labute approximate surface area is 169 Å². The maximum atomic E-state index is 13.0. The van der Waals surface area contributed by atoms with Gasteiger partial charge in [-0.05, 0) is 74.5 Å². The molecule has 5 heteroatoms. The van der Waals surface area contributed by atoms with Crippen molar-refractivity contribution in [1.82, 2.24) is 15.6 Å². The number of piperidine rings is 1. The van der Waals surface area contributed by atoms with Crippen molar-refractivity contribution in [1.29, 1.82) is 0 Å². The van der Waals surface area contributed by atoms with E-state index in [1.807, 2.05) is 12.1 Å². The summed E-state index contributed by atoms with van der Waals surface area (Å²) in [5, 5.41) is 7.89. The molecular formula is C23H25N3OS. The summed E-state index contributed by atoms with van der Waals surface area (Å²) < 4.78 is 1.13. The summed E-state index contributed by atoms with van der Waals surface area (Å²) >= 11 is 1.76.